The van der Waals surface area contributed by atoms with Crippen LogP contribution in [0.3, 0.4) is 0 Å². The first-order valence-electron chi connectivity index (χ1n) is 6.62. The zero-order chi connectivity index (χ0) is 15.5. The van der Waals surface area contributed by atoms with Crippen LogP contribution in [0.4, 0.5) is 11.8 Å². The molecule has 0 aliphatic heterocycles. The van der Waals surface area contributed by atoms with Crippen molar-refractivity contribution in [1.29, 1.82) is 0 Å². The molecule has 3 aromatic rings. The molecule has 4 N–H and O–H groups in total. The van der Waals surface area contributed by atoms with Crippen LogP contribution >= 0.6 is 0 Å². The van der Waals surface area contributed by atoms with Crippen LogP contribution in [0.2, 0.25) is 0 Å². The first-order valence-corrected chi connectivity index (χ1v) is 6.62. The van der Waals surface area contributed by atoms with E-state index in [2.05, 4.69) is 25.3 Å². The minimum atomic E-state index is 0.353. The standard InChI is InChI=1S/C14H16N6O2/c1-21-9-4-3-8(10(5-9)22-2)6-16-14-19-12(15)11-13(20-14)18-7-17-11/h3-5,7H,6H2,1-2H3,(H4,15,16,17,18,19,20). The molecule has 2 heterocycles. The molecule has 0 unspecified atom stereocenters. The number of hydrogen-bond acceptors (Lipinski definition) is 7. The molecule has 1 aromatic carbocycles. The van der Waals surface area contributed by atoms with E-state index in [4.69, 9.17) is 15.2 Å². The summed E-state index contributed by atoms with van der Waals surface area (Å²) in [5.74, 6) is 2.22. The van der Waals surface area contributed by atoms with Gasteiger partial charge in [0.25, 0.3) is 0 Å². The van der Waals surface area contributed by atoms with E-state index in [-0.39, 0.29) is 0 Å². The van der Waals surface area contributed by atoms with E-state index in [9.17, 15) is 0 Å². The van der Waals surface area contributed by atoms with Crippen LogP contribution in [0.5, 0.6) is 11.5 Å². The van der Waals surface area contributed by atoms with Crippen molar-refractivity contribution in [2.75, 3.05) is 25.3 Å². The first-order chi connectivity index (χ1) is 10.7. The average molecular weight is 300 g/mol. The summed E-state index contributed by atoms with van der Waals surface area (Å²) >= 11 is 0. The van der Waals surface area contributed by atoms with Crippen molar-refractivity contribution >= 4 is 22.9 Å². The maximum Gasteiger partial charge on any atom is 0.227 e. The van der Waals surface area contributed by atoms with E-state index >= 15 is 0 Å². The predicted molar refractivity (Wildman–Crippen MR) is 83.0 cm³/mol. The van der Waals surface area contributed by atoms with Crippen molar-refractivity contribution < 1.29 is 9.47 Å². The summed E-state index contributed by atoms with van der Waals surface area (Å²) < 4.78 is 10.5. The Balaban J connectivity index is 1.81. The van der Waals surface area contributed by atoms with Gasteiger partial charge in [-0.25, -0.2) is 4.98 Å². The molecule has 22 heavy (non-hydrogen) atoms. The minimum absolute atomic E-state index is 0.353. The van der Waals surface area contributed by atoms with Crippen LogP contribution in [0.1, 0.15) is 5.56 Å². The molecule has 2 aromatic heterocycles. The second kappa shape index (κ2) is 5.76. The topological polar surface area (TPSA) is 111 Å². The number of H-pyrrole nitrogens is 1. The van der Waals surface area contributed by atoms with Crippen LogP contribution in [0.25, 0.3) is 11.2 Å². The number of imidazole rings is 1. The van der Waals surface area contributed by atoms with Gasteiger partial charge in [0.05, 0.1) is 20.5 Å². The van der Waals surface area contributed by atoms with Gasteiger partial charge < -0.3 is 25.5 Å². The van der Waals surface area contributed by atoms with E-state index in [1.165, 1.54) is 6.33 Å². The Morgan fingerprint density at radius 2 is 2.09 bits per heavy atom. The molecular weight excluding hydrogens is 284 g/mol. The number of fused-ring (bicyclic) bond motifs is 1. The summed E-state index contributed by atoms with van der Waals surface area (Å²) in [6, 6.07) is 5.61. The quantitative estimate of drug-likeness (QED) is 0.655. The van der Waals surface area contributed by atoms with Gasteiger partial charge in [0.1, 0.15) is 17.0 Å². The summed E-state index contributed by atoms with van der Waals surface area (Å²) in [5.41, 5.74) is 7.97. The second-order valence-electron chi connectivity index (χ2n) is 4.56. The number of ether oxygens (including phenoxy) is 2. The molecule has 0 fully saturated rings. The Kier molecular flexibility index (Phi) is 3.65. The number of anilines is 2. The maximum atomic E-state index is 5.86. The lowest BCUT2D eigenvalue weighted by Crippen LogP contribution is -2.07. The number of rotatable bonds is 5. The van der Waals surface area contributed by atoms with Crippen molar-refractivity contribution in [2.24, 2.45) is 0 Å². The molecule has 8 heteroatoms. The van der Waals surface area contributed by atoms with Crippen LogP contribution in [0, 0.1) is 0 Å². The van der Waals surface area contributed by atoms with Crippen LogP contribution < -0.4 is 20.5 Å². The number of nitrogen functional groups attached to an aromatic ring is 1. The van der Waals surface area contributed by atoms with Gasteiger partial charge in [0.2, 0.25) is 5.95 Å². The summed E-state index contributed by atoms with van der Waals surface area (Å²) in [6.07, 6.45) is 1.53. The minimum Gasteiger partial charge on any atom is -0.497 e. The number of nitrogens with one attached hydrogen (secondary N) is 2. The zero-order valence-corrected chi connectivity index (χ0v) is 12.3. The van der Waals surface area contributed by atoms with E-state index in [0.29, 0.717) is 29.5 Å². The maximum absolute atomic E-state index is 5.86. The number of nitrogens with zero attached hydrogens (tertiary/aromatic N) is 3. The molecule has 0 radical (unpaired) electrons. The molecule has 0 bridgehead atoms. The molecule has 0 aliphatic rings. The third-order valence-corrected chi connectivity index (χ3v) is 3.24. The Hall–Kier alpha value is -3.03. The van der Waals surface area contributed by atoms with Crippen molar-refractivity contribution in [3.63, 3.8) is 0 Å². The molecular formula is C14H16N6O2. The zero-order valence-electron chi connectivity index (χ0n) is 12.3. The molecule has 0 saturated heterocycles. The monoisotopic (exact) mass is 300 g/mol. The van der Waals surface area contributed by atoms with Gasteiger partial charge in [0, 0.05) is 18.2 Å². The van der Waals surface area contributed by atoms with Crippen LogP contribution in [-0.2, 0) is 6.54 Å². The molecule has 0 aliphatic carbocycles. The largest absolute Gasteiger partial charge is 0.497 e. The predicted octanol–water partition coefficient (Wildman–Crippen LogP) is 1.56. The number of nitrogens with two attached hydrogens (primary N) is 1. The summed E-state index contributed by atoms with van der Waals surface area (Å²) in [4.78, 5) is 15.5. The number of aromatic amines is 1. The van der Waals surface area contributed by atoms with Gasteiger partial charge in [0.15, 0.2) is 11.5 Å². The summed E-state index contributed by atoms with van der Waals surface area (Å²) in [6.45, 7) is 0.489. The number of hydrogen-bond donors (Lipinski definition) is 3. The highest BCUT2D eigenvalue weighted by Crippen LogP contribution is 2.25. The normalized spacial score (nSPS) is 10.6. The van der Waals surface area contributed by atoms with E-state index < -0.39 is 0 Å². The smallest absolute Gasteiger partial charge is 0.227 e. The lowest BCUT2D eigenvalue weighted by molar-refractivity contribution is 0.391. The Bertz CT molecular complexity index is 801. The van der Waals surface area contributed by atoms with E-state index in [0.717, 1.165) is 17.1 Å². The highest BCUT2D eigenvalue weighted by molar-refractivity contribution is 5.82. The lowest BCUT2D eigenvalue weighted by atomic mass is 10.2. The fraction of sp³-hybridized carbons (Fsp3) is 0.214. The average Bonchev–Trinajstić information content (AvgIpc) is 3.01. The van der Waals surface area contributed by atoms with E-state index in [1.807, 2.05) is 18.2 Å². The molecule has 0 atom stereocenters. The van der Waals surface area contributed by atoms with Gasteiger partial charge in [-0.1, -0.05) is 0 Å². The Labute approximate surface area is 126 Å². The fourth-order valence-corrected chi connectivity index (χ4v) is 2.11. The third kappa shape index (κ3) is 2.58. The summed E-state index contributed by atoms with van der Waals surface area (Å²) in [5, 5.41) is 3.12. The van der Waals surface area contributed by atoms with Gasteiger partial charge in [-0.2, -0.15) is 9.97 Å². The molecule has 3 rings (SSSR count). The second-order valence-corrected chi connectivity index (χ2v) is 4.56. The van der Waals surface area contributed by atoms with Gasteiger partial charge in [-0.3, -0.25) is 0 Å². The highest BCUT2D eigenvalue weighted by atomic mass is 16.5. The van der Waals surface area contributed by atoms with Gasteiger partial charge in [-0.05, 0) is 12.1 Å². The molecule has 0 amide bonds. The summed E-state index contributed by atoms with van der Waals surface area (Å²) in [7, 11) is 3.23. The Morgan fingerprint density at radius 3 is 2.86 bits per heavy atom. The van der Waals surface area contributed by atoms with Crippen molar-refractivity contribution in [2.45, 2.75) is 6.54 Å². The lowest BCUT2D eigenvalue weighted by Gasteiger charge is -2.11. The van der Waals surface area contributed by atoms with Crippen LogP contribution in [-0.4, -0.2) is 34.2 Å². The number of aromatic nitrogens is 4. The van der Waals surface area contributed by atoms with Gasteiger partial charge in [-0.15, -0.1) is 0 Å². The molecule has 0 saturated carbocycles. The fourth-order valence-electron chi connectivity index (χ4n) is 2.11. The molecule has 8 nitrogen and oxygen atoms in total. The number of methoxy groups -OCH3 is 2. The van der Waals surface area contributed by atoms with Gasteiger partial charge >= 0.3 is 0 Å². The van der Waals surface area contributed by atoms with Crippen molar-refractivity contribution in [3.05, 3.63) is 30.1 Å². The van der Waals surface area contributed by atoms with Crippen molar-refractivity contribution in [1.82, 2.24) is 19.9 Å². The molecule has 0 spiro atoms. The SMILES string of the molecule is COc1ccc(CNc2nc(N)c3[nH]cnc3n2)c(OC)c1. The van der Waals surface area contributed by atoms with Crippen molar-refractivity contribution in [3.8, 4) is 11.5 Å². The number of benzene rings is 1. The highest BCUT2D eigenvalue weighted by Gasteiger charge is 2.09. The third-order valence-electron chi connectivity index (χ3n) is 3.24. The van der Waals surface area contributed by atoms with Crippen LogP contribution in [0.15, 0.2) is 24.5 Å². The van der Waals surface area contributed by atoms with E-state index in [1.54, 1.807) is 14.2 Å². The first kappa shape index (κ1) is 13.9. The molecule has 114 valence electrons. The Morgan fingerprint density at radius 1 is 1.23 bits per heavy atom.